The highest BCUT2D eigenvalue weighted by molar-refractivity contribution is 5.25. The van der Waals surface area contributed by atoms with Crippen molar-refractivity contribution in [2.45, 2.75) is 58.0 Å². The molecule has 0 aliphatic carbocycles. The van der Waals surface area contributed by atoms with Gasteiger partial charge in [0.05, 0.1) is 0 Å². The molecule has 2 heterocycles. The number of rotatable bonds is 4. The smallest absolute Gasteiger partial charge is 0.0223 e. The SMILES string of the molecule is CCC1CN2CCCCC2CN1CCc1ccccc1C. The molecule has 116 valence electrons. The summed E-state index contributed by atoms with van der Waals surface area (Å²) in [6.07, 6.45) is 6.75. The van der Waals surface area contributed by atoms with E-state index in [0.29, 0.717) is 0 Å². The van der Waals surface area contributed by atoms with Crippen LogP contribution >= 0.6 is 0 Å². The molecule has 2 nitrogen and oxygen atoms in total. The Labute approximate surface area is 130 Å². The number of benzene rings is 1. The van der Waals surface area contributed by atoms with Crippen molar-refractivity contribution < 1.29 is 0 Å². The minimum atomic E-state index is 0.767. The summed E-state index contributed by atoms with van der Waals surface area (Å²) in [6, 6.07) is 10.5. The van der Waals surface area contributed by atoms with Gasteiger partial charge in [0.2, 0.25) is 0 Å². The summed E-state index contributed by atoms with van der Waals surface area (Å²) in [5.41, 5.74) is 2.97. The Morgan fingerprint density at radius 3 is 2.81 bits per heavy atom. The van der Waals surface area contributed by atoms with E-state index in [1.54, 1.807) is 0 Å². The number of piperidine rings is 1. The Morgan fingerprint density at radius 1 is 1.14 bits per heavy atom. The zero-order chi connectivity index (χ0) is 14.7. The summed E-state index contributed by atoms with van der Waals surface area (Å²) in [4.78, 5) is 5.54. The molecular weight excluding hydrogens is 256 g/mol. The highest BCUT2D eigenvalue weighted by atomic mass is 15.3. The Hall–Kier alpha value is -0.860. The average molecular weight is 286 g/mol. The fourth-order valence-electron chi connectivity index (χ4n) is 4.13. The molecule has 3 rings (SSSR count). The summed E-state index contributed by atoms with van der Waals surface area (Å²) >= 11 is 0. The number of piperazine rings is 1. The van der Waals surface area contributed by atoms with Gasteiger partial charge in [0.25, 0.3) is 0 Å². The summed E-state index contributed by atoms with van der Waals surface area (Å²) in [7, 11) is 0. The van der Waals surface area contributed by atoms with E-state index >= 15 is 0 Å². The van der Waals surface area contributed by atoms with Crippen LogP contribution in [0.4, 0.5) is 0 Å². The first-order valence-electron chi connectivity index (χ1n) is 8.80. The average Bonchev–Trinajstić information content (AvgIpc) is 2.53. The van der Waals surface area contributed by atoms with Crippen molar-refractivity contribution in [1.29, 1.82) is 0 Å². The zero-order valence-corrected chi connectivity index (χ0v) is 13.7. The lowest BCUT2D eigenvalue weighted by Crippen LogP contribution is -2.59. The van der Waals surface area contributed by atoms with Crippen LogP contribution < -0.4 is 0 Å². The van der Waals surface area contributed by atoms with E-state index in [1.165, 1.54) is 69.4 Å². The highest BCUT2D eigenvalue weighted by Gasteiger charge is 2.33. The van der Waals surface area contributed by atoms with Crippen LogP contribution in [-0.2, 0) is 6.42 Å². The van der Waals surface area contributed by atoms with Gasteiger partial charge in [-0.1, -0.05) is 37.6 Å². The quantitative estimate of drug-likeness (QED) is 0.836. The molecule has 0 amide bonds. The van der Waals surface area contributed by atoms with Crippen molar-refractivity contribution in [1.82, 2.24) is 9.80 Å². The van der Waals surface area contributed by atoms with Gasteiger partial charge in [-0.15, -0.1) is 0 Å². The molecule has 2 saturated heterocycles. The van der Waals surface area contributed by atoms with Crippen LogP contribution in [0.25, 0.3) is 0 Å². The first-order chi connectivity index (χ1) is 10.3. The normalized spacial score (nSPS) is 27.5. The lowest BCUT2D eigenvalue weighted by molar-refractivity contribution is 0.00825. The molecule has 0 bridgehead atoms. The summed E-state index contributed by atoms with van der Waals surface area (Å²) in [5.74, 6) is 0. The number of aryl methyl sites for hydroxylation is 1. The third-order valence-electron chi connectivity index (χ3n) is 5.56. The minimum Gasteiger partial charge on any atom is -0.298 e. The van der Waals surface area contributed by atoms with Crippen LogP contribution in [0.5, 0.6) is 0 Å². The van der Waals surface area contributed by atoms with Crippen molar-refractivity contribution in [3.8, 4) is 0 Å². The topological polar surface area (TPSA) is 6.48 Å². The van der Waals surface area contributed by atoms with E-state index in [1.807, 2.05) is 0 Å². The molecule has 2 unspecified atom stereocenters. The first kappa shape index (κ1) is 15.1. The van der Waals surface area contributed by atoms with E-state index in [4.69, 9.17) is 0 Å². The molecule has 2 aliphatic heterocycles. The van der Waals surface area contributed by atoms with Gasteiger partial charge in [0.15, 0.2) is 0 Å². The van der Waals surface area contributed by atoms with E-state index in [9.17, 15) is 0 Å². The second kappa shape index (κ2) is 6.93. The van der Waals surface area contributed by atoms with E-state index in [-0.39, 0.29) is 0 Å². The monoisotopic (exact) mass is 286 g/mol. The molecule has 0 saturated carbocycles. The van der Waals surface area contributed by atoms with E-state index in [0.717, 1.165) is 12.1 Å². The fraction of sp³-hybridized carbons (Fsp3) is 0.684. The van der Waals surface area contributed by atoms with Crippen molar-refractivity contribution in [2.75, 3.05) is 26.2 Å². The molecule has 2 heteroatoms. The molecule has 0 radical (unpaired) electrons. The number of fused-ring (bicyclic) bond motifs is 1. The standard InChI is InChI=1S/C19H30N2/c1-3-18-14-20-12-7-6-10-19(20)15-21(18)13-11-17-9-5-4-8-16(17)2/h4-5,8-9,18-19H,3,6-7,10-15H2,1-2H3. The molecule has 1 aromatic carbocycles. The maximum atomic E-state index is 2.78. The molecule has 21 heavy (non-hydrogen) atoms. The van der Waals surface area contributed by atoms with E-state index < -0.39 is 0 Å². The number of hydrogen-bond acceptors (Lipinski definition) is 2. The highest BCUT2D eigenvalue weighted by Crippen LogP contribution is 2.25. The van der Waals surface area contributed by atoms with Gasteiger partial charge in [-0.2, -0.15) is 0 Å². The lowest BCUT2D eigenvalue weighted by atomic mass is 9.95. The molecule has 2 aliphatic rings. The Kier molecular flexibility index (Phi) is 4.97. The zero-order valence-electron chi connectivity index (χ0n) is 13.7. The predicted molar refractivity (Wildman–Crippen MR) is 89.7 cm³/mol. The van der Waals surface area contributed by atoms with Crippen molar-refractivity contribution in [3.63, 3.8) is 0 Å². The van der Waals surface area contributed by atoms with Crippen molar-refractivity contribution in [2.24, 2.45) is 0 Å². The second-order valence-electron chi connectivity index (χ2n) is 6.88. The third kappa shape index (κ3) is 3.49. The third-order valence-corrected chi connectivity index (χ3v) is 5.56. The molecule has 1 aromatic rings. The van der Waals surface area contributed by atoms with Crippen LogP contribution in [0.15, 0.2) is 24.3 Å². The Morgan fingerprint density at radius 2 is 2.00 bits per heavy atom. The number of hydrogen-bond donors (Lipinski definition) is 0. The Balaban J connectivity index is 1.62. The minimum absolute atomic E-state index is 0.767. The summed E-state index contributed by atoms with van der Waals surface area (Å²) < 4.78 is 0. The maximum Gasteiger partial charge on any atom is 0.0223 e. The predicted octanol–water partition coefficient (Wildman–Crippen LogP) is 3.49. The molecule has 0 spiro atoms. The van der Waals surface area contributed by atoms with Crippen LogP contribution in [0.1, 0.15) is 43.7 Å². The van der Waals surface area contributed by atoms with Crippen LogP contribution in [0.3, 0.4) is 0 Å². The molecular formula is C19H30N2. The van der Waals surface area contributed by atoms with Crippen LogP contribution in [-0.4, -0.2) is 48.1 Å². The van der Waals surface area contributed by atoms with Crippen LogP contribution in [0, 0.1) is 6.92 Å². The van der Waals surface area contributed by atoms with Gasteiger partial charge in [-0.05, 0) is 50.3 Å². The van der Waals surface area contributed by atoms with Gasteiger partial charge >= 0.3 is 0 Å². The lowest BCUT2D eigenvalue weighted by Gasteiger charge is -2.48. The molecule has 2 fully saturated rings. The summed E-state index contributed by atoms with van der Waals surface area (Å²) in [5, 5.41) is 0. The van der Waals surface area contributed by atoms with Crippen LogP contribution in [0.2, 0.25) is 0 Å². The van der Waals surface area contributed by atoms with Gasteiger partial charge in [0.1, 0.15) is 0 Å². The molecule has 0 aromatic heterocycles. The van der Waals surface area contributed by atoms with Crippen molar-refractivity contribution >= 4 is 0 Å². The van der Waals surface area contributed by atoms with Gasteiger partial charge in [0, 0.05) is 31.7 Å². The fourth-order valence-corrected chi connectivity index (χ4v) is 4.13. The largest absolute Gasteiger partial charge is 0.298 e. The van der Waals surface area contributed by atoms with Crippen molar-refractivity contribution in [3.05, 3.63) is 35.4 Å². The molecule has 2 atom stereocenters. The van der Waals surface area contributed by atoms with Gasteiger partial charge in [-0.3, -0.25) is 9.80 Å². The number of nitrogens with zero attached hydrogens (tertiary/aromatic N) is 2. The van der Waals surface area contributed by atoms with E-state index in [2.05, 4.69) is 47.9 Å². The first-order valence-corrected chi connectivity index (χ1v) is 8.80. The maximum absolute atomic E-state index is 2.78. The summed E-state index contributed by atoms with van der Waals surface area (Å²) in [6.45, 7) is 9.77. The molecule has 0 N–H and O–H groups in total. The second-order valence-corrected chi connectivity index (χ2v) is 6.88. The van der Waals surface area contributed by atoms with Gasteiger partial charge < -0.3 is 0 Å². The Bertz CT molecular complexity index is 457. The van der Waals surface area contributed by atoms with Gasteiger partial charge in [-0.25, -0.2) is 0 Å².